The van der Waals surface area contributed by atoms with E-state index < -0.39 is 0 Å². The minimum atomic E-state index is -0.0647. The third-order valence-electron chi connectivity index (χ3n) is 3.73. The average Bonchev–Trinajstić information content (AvgIpc) is 2.53. The summed E-state index contributed by atoms with van der Waals surface area (Å²) < 4.78 is 11.2. The summed E-state index contributed by atoms with van der Waals surface area (Å²) >= 11 is 0. The van der Waals surface area contributed by atoms with Gasteiger partial charge in [0.2, 0.25) is 0 Å². The molecule has 0 saturated carbocycles. The number of benzene rings is 1. The van der Waals surface area contributed by atoms with Crippen LogP contribution >= 0.6 is 0 Å². The van der Waals surface area contributed by atoms with Crippen molar-refractivity contribution in [3.63, 3.8) is 0 Å². The Morgan fingerprint density at radius 1 is 1.45 bits per heavy atom. The maximum Gasteiger partial charge on any atom is 0.322 e. The Morgan fingerprint density at radius 3 is 3.00 bits per heavy atom. The molecule has 1 N–H and O–H groups in total. The van der Waals surface area contributed by atoms with Gasteiger partial charge in [-0.2, -0.15) is 0 Å². The van der Waals surface area contributed by atoms with Gasteiger partial charge in [-0.25, -0.2) is 4.79 Å². The first-order chi connectivity index (χ1) is 10.7. The van der Waals surface area contributed by atoms with Gasteiger partial charge in [-0.1, -0.05) is 13.0 Å². The molecule has 1 aliphatic heterocycles. The molecule has 5 nitrogen and oxygen atoms in total. The molecule has 0 fully saturated rings. The molecule has 0 radical (unpaired) electrons. The maximum atomic E-state index is 12.5. The van der Waals surface area contributed by atoms with Crippen molar-refractivity contribution in [2.75, 3.05) is 31.2 Å². The van der Waals surface area contributed by atoms with Gasteiger partial charge in [0.1, 0.15) is 11.9 Å². The monoisotopic (exact) mass is 306 g/mol. The average molecular weight is 306 g/mol. The minimum Gasteiger partial charge on any atom is -0.486 e. The first kappa shape index (κ1) is 16.6. The summed E-state index contributed by atoms with van der Waals surface area (Å²) in [5.74, 6) is 0.785. The van der Waals surface area contributed by atoms with Crippen molar-refractivity contribution in [2.45, 2.75) is 39.7 Å². The van der Waals surface area contributed by atoms with Crippen LogP contribution in [0.3, 0.4) is 0 Å². The van der Waals surface area contributed by atoms with Crippen LogP contribution in [0.5, 0.6) is 5.75 Å². The molecule has 2 amide bonds. The van der Waals surface area contributed by atoms with Crippen molar-refractivity contribution in [1.29, 1.82) is 0 Å². The van der Waals surface area contributed by atoms with Crippen LogP contribution in [-0.4, -0.2) is 38.4 Å². The highest BCUT2D eigenvalue weighted by Crippen LogP contribution is 2.34. The van der Waals surface area contributed by atoms with E-state index in [1.165, 1.54) is 0 Å². The molecule has 1 aromatic carbocycles. The van der Waals surface area contributed by atoms with Gasteiger partial charge < -0.3 is 14.8 Å². The van der Waals surface area contributed by atoms with Crippen LogP contribution in [0.25, 0.3) is 0 Å². The minimum absolute atomic E-state index is 0.0457. The van der Waals surface area contributed by atoms with Crippen LogP contribution in [0, 0.1) is 6.92 Å². The number of aryl methyl sites for hydroxylation is 1. The Bertz CT molecular complexity index is 505. The zero-order valence-electron chi connectivity index (χ0n) is 13.7. The lowest BCUT2D eigenvalue weighted by molar-refractivity contribution is 0.145. The quantitative estimate of drug-likeness (QED) is 0.822. The topological polar surface area (TPSA) is 50.8 Å². The second-order valence-electron chi connectivity index (χ2n) is 5.51. The summed E-state index contributed by atoms with van der Waals surface area (Å²) in [6.45, 7) is 8.65. The fraction of sp³-hybridized carbons (Fsp3) is 0.588. The predicted molar refractivity (Wildman–Crippen MR) is 87.7 cm³/mol. The Labute approximate surface area is 132 Å². The van der Waals surface area contributed by atoms with Gasteiger partial charge in [0.05, 0.1) is 12.2 Å². The number of amides is 2. The first-order valence-electron chi connectivity index (χ1n) is 8.06. The number of urea groups is 1. The molecule has 1 heterocycles. The van der Waals surface area contributed by atoms with Crippen molar-refractivity contribution >= 4 is 11.7 Å². The smallest absolute Gasteiger partial charge is 0.322 e. The molecule has 0 spiro atoms. The van der Waals surface area contributed by atoms with Crippen LogP contribution in [0.4, 0.5) is 10.5 Å². The third kappa shape index (κ3) is 4.13. The number of hydrogen-bond donors (Lipinski definition) is 1. The number of anilines is 1. The van der Waals surface area contributed by atoms with Gasteiger partial charge in [0, 0.05) is 19.8 Å². The molecule has 5 heteroatoms. The van der Waals surface area contributed by atoms with E-state index in [-0.39, 0.29) is 12.1 Å². The summed E-state index contributed by atoms with van der Waals surface area (Å²) in [7, 11) is 0. The van der Waals surface area contributed by atoms with Crippen molar-refractivity contribution < 1.29 is 14.3 Å². The van der Waals surface area contributed by atoms with Gasteiger partial charge >= 0.3 is 6.03 Å². The standard InChI is InChI=1S/C17H26N2O3/c1-4-14-12-19(17(20)18-9-6-10-21-5-2)15-11-13(3)7-8-16(15)22-14/h7-8,11,14H,4-6,9-10,12H2,1-3H3,(H,18,20)/t14-/m0/s1. The molecule has 122 valence electrons. The lowest BCUT2D eigenvalue weighted by atomic mass is 10.1. The molecule has 2 rings (SSSR count). The van der Waals surface area contributed by atoms with Gasteiger partial charge in [0.25, 0.3) is 0 Å². The van der Waals surface area contributed by atoms with Crippen LogP contribution in [0.15, 0.2) is 18.2 Å². The highest BCUT2D eigenvalue weighted by atomic mass is 16.5. The molecule has 0 bridgehead atoms. The number of rotatable bonds is 6. The number of carbonyl (C=O) groups is 1. The Morgan fingerprint density at radius 2 is 2.27 bits per heavy atom. The van der Waals surface area contributed by atoms with E-state index in [4.69, 9.17) is 9.47 Å². The van der Waals surface area contributed by atoms with E-state index >= 15 is 0 Å². The summed E-state index contributed by atoms with van der Waals surface area (Å²) in [5.41, 5.74) is 1.97. The fourth-order valence-electron chi connectivity index (χ4n) is 2.47. The van der Waals surface area contributed by atoms with E-state index in [0.717, 1.165) is 29.8 Å². The number of hydrogen-bond acceptors (Lipinski definition) is 3. The van der Waals surface area contributed by atoms with Crippen molar-refractivity contribution in [3.8, 4) is 5.75 Å². The number of nitrogens with zero attached hydrogens (tertiary/aromatic N) is 1. The fourth-order valence-corrected chi connectivity index (χ4v) is 2.47. The summed E-state index contributed by atoms with van der Waals surface area (Å²) in [5, 5.41) is 2.97. The molecular weight excluding hydrogens is 280 g/mol. The molecule has 0 saturated heterocycles. The molecular formula is C17H26N2O3. The van der Waals surface area contributed by atoms with Crippen LogP contribution < -0.4 is 15.0 Å². The first-order valence-corrected chi connectivity index (χ1v) is 8.06. The van der Waals surface area contributed by atoms with E-state index in [9.17, 15) is 4.79 Å². The molecule has 0 unspecified atom stereocenters. The second-order valence-corrected chi connectivity index (χ2v) is 5.51. The molecule has 1 aliphatic rings. The third-order valence-corrected chi connectivity index (χ3v) is 3.73. The zero-order valence-corrected chi connectivity index (χ0v) is 13.7. The van der Waals surface area contributed by atoms with Crippen molar-refractivity contribution in [1.82, 2.24) is 5.32 Å². The SMILES string of the molecule is CCOCCCNC(=O)N1C[C@H](CC)Oc2ccc(C)cc21. The van der Waals surface area contributed by atoms with Crippen molar-refractivity contribution in [2.24, 2.45) is 0 Å². The second kappa shape index (κ2) is 8.03. The zero-order chi connectivity index (χ0) is 15.9. The Balaban J connectivity index is 2.02. The Hall–Kier alpha value is -1.75. The number of carbonyl (C=O) groups excluding carboxylic acids is 1. The highest BCUT2D eigenvalue weighted by Gasteiger charge is 2.28. The summed E-state index contributed by atoms with van der Waals surface area (Å²) in [6, 6.07) is 5.89. The van der Waals surface area contributed by atoms with E-state index in [0.29, 0.717) is 26.3 Å². The lowest BCUT2D eigenvalue weighted by Gasteiger charge is -2.34. The maximum absolute atomic E-state index is 12.5. The lowest BCUT2D eigenvalue weighted by Crippen LogP contribution is -2.48. The normalized spacial score (nSPS) is 16.9. The molecule has 1 atom stereocenters. The largest absolute Gasteiger partial charge is 0.486 e. The molecule has 0 aliphatic carbocycles. The van der Waals surface area contributed by atoms with Crippen LogP contribution in [0.2, 0.25) is 0 Å². The Kier molecular flexibility index (Phi) is 6.07. The van der Waals surface area contributed by atoms with E-state index in [2.05, 4.69) is 12.2 Å². The summed E-state index contributed by atoms with van der Waals surface area (Å²) in [6.07, 6.45) is 1.74. The molecule has 0 aromatic heterocycles. The van der Waals surface area contributed by atoms with Gasteiger partial charge in [0.15, 0.2) is 0 Å². The summed E-state index contributed by atoms with van der Waals surface area (Å²) in [4.78, 5) is 14.3. The van der Waals surface area contributed by atoms with E-state index in [1.807, 2.05) is 32.0 Å². The van der Waals surface area contributed by atoms with Crippen LogP contribution in [-0.2, 0) is 4.74 Å². The van der Waals surface area contributed by atoms with Crippen LogP contribution in [0.1, 0.15) is 32.3 Å². The molecule has 22 heavy (non-hydrogen) atoms. The molecule has 1 aromatic rings. The van der Waals surface area contributed by atoms with Crippen molar-refractivity contribution in [3.05, 3.63) is 23.8 Å². The van der Waals surface area contributed by atoms with Gasteiger partial charge in [-0.15, -0.1) is 0 Å². The van der Waals surface area contributed by atoms with Gasteiger partial charge in [-0.05, 0) is 44.4 Å². The van der Waals surface area contributed by atoms with E-state index in [1.54, 1.807) is 4.90 Å². The predicted octanol–water partition coefficient (Wildman–Crippen LogP) is 3.11. The number of nitrogens with one attached hydrogen (secondary N) is 1. The highest BCUT2D eigenvalue weighted by molar-refractivity contribution is 5.94. The number of ether oxygens (including phenoxy) is 2. The number of fused-ring (bicyclic) bond motifs is 1. The van der Waals surface area contributed by atoms with Gasteiger partial charge in [-0.3, -0.25) is 4.90 Å².